The topological polar surface area (TPSA) is 75.4 Å². The van der Waals surface area contributed by atoms with E-state index in [-0.39, 0.29) is 11.8 Å². The van der Waals surface area contributed by atoms with Crippen molar-refractivity contribution in [3.05, 3.63) is 35.9 Å². The molecule has 2 amide bonds. The zero-order valence-electron chi connectivity index (χ0n) is 13.3. The Morgan fingerprint density at radius 1 is 1.32 bits per heavy atom. The quantitative estimate of drug-likeness (QED) is 0.867. The second-order valence-electron chi connectivity index (χ2n) is 6.56. The summed E-state index contributed by atoms with van der Waals surface area (Å²) in [6, 6.07) is 8.88. The number of piperidine rings is 1. The highest BCUT2D eigenvalue weighted by Crippen LogP contribution is 2.25. The molecule has 5 heteroatoms. The second kappa shape index (κ2) is 6.92. The van der Waals surface area contributed by atoms with E-state index in [0.29, 0.717) is 19.5 Å². The molecule has 5 nitrogen and oxygen atoms in total. The van der Waals surface area contributed by atoms with E-state index in [2.05, 4.69) is 5.32 Å². The minimum Gasteiger partial charge on any atom is -0.352 e. The highest BCUT2D eigenvalue weighted by atomic mass is 16.2. The number of carbonyl (C=O) groups is 2. The molecule has 1 heterocycles. The van der Waals surface area contributed by atoms with Crippen molar-refractivity contribution in [3.63, 3.8) is 0 Å². The van der Waals surface area contributed by atoms with Gasteiger partial charge in [-0.2, -0.15) is 0 Å². The summed E-state index contributed by atoms with van der Waals surface area (Å²) in [6.45, 7) is 4.71. The fourth-order valence-corrected chi connectivity index (χ4v) is 2.62. The van der Waals surface area contributed by atoms with Crippen LogP contribution in [0.25, 0.3) is 0 Å². The summed E-state index contributed by atoms with van der Waals surface area (Å²) in [7, 11) is 0. The predicted molar refractivity (Wildman–Crippen MR) is 86.0 cm³/mol. The Bertz CT molecular complexity index is 522. The number of hydrogen-bond donors (Lipinski definition) is 2. The smallest absolute Gasteiger partial charge is 0.247 e. The largest absolute Gasteiger partial charge is 0.352 e. The van der Waals surface area contributed by atoms with Crippen LogP contribution in [0.2, 0.25) is 0 Å². The Balaban J connectivity index is 2.21. The molecule has 1 saturated heterocycles. The number of carbonyl (C=O) groups excluding carboxylic acids is 2. The van der Waals surface area contributed by atoms with E-state index >= 15 is 0 Å². The van der Waals surface area contributed by atoms with Gasteiger partial charge in [0.05, 0.1) is 0 Å². The van der Waals surface area contributed by atoms with Crippen LogP contribution in [0, 0.1) is 0 Å². The standard InChI is InChI=1S/C17H25N3O2/c1-17(2,18)12-19-16(22)15(13-8-4-3-5-9-13)20-11-7-6-10-14(20)21/h3-5,8-9,15H,6-7,10-12,18H2,1-2H3,(H,19,22). The normalized spacial score (nSPS) is 17.2. The molecule has 0 radical (unpaired) electrons. The van der Waals surface area contributed by atoms with Crippen molar-refractivity contribution in [1.29, 1.82) is 0 Å². The average Bonchev–Trinajstić information content (AvgIpc) is 2.48. The van der Waals surface area contributed by atoms with Crippen LogP contribution in [0.15, 0.2) is 30.3 Å². The molecule has 1 aliphatic heterocycles. The number of nitrogens with two attached hydrogens (primary N) is 1. The first-order valence-corrected chi connectivity index (χ1v) is 7.79. The fourth-order valence-electron chi connectivity index (χ4n) is 2.62. The summed E-state index contributed by atoms with van der Waals surface area (Å²) in [6.07, 6.45) is 2.35. The third-order valence-electron chi connectivity index (χ3n) is 3.75. The molecule has 1 atom stereocenters. The van der Waals surface area contributed by atoms with Crippen molar-refractivity contribution in [2.45, 2.75) is 44.7 Å². The summed E-state index contributed by atoms with van der Waals surface area (Å²) in [5.74, 6) is -0.123. The monoisotopic (exact) mass is 303 g/mol. The molecule has 0 aromatic heterocycles. The van der Waals surface area contributed by atoms with E-state index in [1.807, 2.05) is 44.2 Å². The number of amides is 2. The van der Waals surface area contributed by atoms with E-state index in [4.69, 9.17) is 5.73 Å². The Morgan fingerprint density at radius 2 is 2.00 bits per heavy atom. The van der Waals surface area contributed by atoms with Crippen LogP contribution >= 0.6 is 0 Å². The van der Waals surface area contributed by atoms with Gasteiger partial charge in [-0.1, -0.05) is 30.3 Å². The number of nitrogens with one attached hydrogen (secondary N) is 1. The molecule has 1 fully saturated rings. The molecule has 1 unspecified atom stereocenters. The van der Waals surface area contributed by atoms with Crippen molar-refractivity contribution < 1.29 is 9.59 Å². The maximum atomic E-state index is 12.7. The van der Waals surface area contributed by atoms with Gasteiger partial charge in [-0.05, 0) is 32.3 Å². The van der Waals surface area contributed by atoms with E-state index in [9.17, 15) is 9.59 Å². The first-order valence-electron chi connectivity index (χ1n) is 7.79. The molecule has 120 valence electrons. The van der Waals surface area contributed by atoms with Crippen LogP contribution in [0.3, 0.4) is 0 Å². The molecular formula is C17H25N3O2. The van der Waals surface area contributed by atoms with E-state index in [1.165, 1.54) is 0 Å². The minimum atomic E-state index is -0.573. The molecule has 0 aliphatic carbocycles. The van der Waals surface area contributed by atoms with Gasteiger partial charge in [0.2, 0.25) is 11.8 Å². The third-order valence-corrected chi connectivity index (χ3v) is 3.75. The molecule has 3 N–H and O–H groups in total. The van der Waals surface area contributed by atoms with Gasteiger partial charge in [0.15, 0.2) is 0 Å². The molecule has 0 spiro atoms. The van der Waals surface area contributed by atoms with Crippen LogP contribution in [0.5, 0.6) is 0 Å². The fraction of sp³-hybridized carbons (Fsp3) is 0.529. The SMILES string of the molecule is CC(C)(N)CNC(=O)C(c1ccccc1)N1CCCCC1=O. The first kappa shape index (κ1) is 16.5. The molecule has 0 saturated carbocycles. The predicted octanol–water partition coefficient (Wildman–Crippen LogP) is 1.59. The number of benzene rings is 1. The maximum absolute atomic E-state index is 12.7. The Labute approximate surface area is 131 Å². The summed E-state index contributed by atoms with van der Waals surface area (Å²) < 4.78 is 0. The van der Waals surface area contributed by atoms with E-state index < -0.39 is 11.6 Å². The van der Waals surface area contributed by atoms with Gasteiger partial charge >= 0.3 is 0 Å². The molecule has 22 heavy (non-hydrogen) atoms. The molecule has 1 aliphatic rings. The lowest BCUT2D eigenvalue weighted by molar-refractivity contribution is -0.142. The molecule has 0 bridgehead atoms. The van der Waals surface area contributed by atoms with Crippen LogP contribution < -0.4 is 11.1 Å². The lowest BCUT2D eigenvalue weighted by Gasteiger charge is -2.34. The Hall–Kier alpha value is -1.88. The number of nitrogens with zero attached hydrogens (tertiary/aromatic N) is 1. The molecular weight excluding hydrogens is 278 g/mol. The van der Waals surface area contributed by atoms with Crippen LogP contribution in [-0.2, 0) is 9.59 Å². The summed E-state index contributed by atoms with van der Waals surface area (Å²) in [5.41, 5.74) is 6.29. The summed E-state index contributed by atoms with van der Waals surface area (Å²) in [4.78, 5) is 26.6. The van der Waals surface area contributed by atoms with Gasteiger partial charge in [-0.3, -0.25) is 9.59 Å². The molecule has 2 rings (SSSR count). The van der Waals surface area contributed by atoms with Gasteiger partial charge in [-0.25, -0.2) is 0 Å². The van der Waals surface area contributed by atoms with Crippen molar-refractivity contribution >= 4 is 11.8 Å². The Kier molecular flexibility index (Phi) is 5.19. The lowest BCUT2D eigenvalue weighted by atomic mass is 10.00. The molecule has 1 aromatic rings. The third kappa shape index (κ3) is 4.31. The summed E-state index contributed by atoms with van der Waals surface area (Å²) >= 11 is 0. The number of hydrogen-bond acceptors (Lipinski definition) is 3. The highest BCUT2D eigenvalue weighted by molar-refractivity contribution is 5.89. The second-order valence-corrected chi connectivity index (χ2v) is 6.56. The Morgan fingerprint density at radius 3 is 2.59 bits per heavy atom. The lowest BCUT2D eigenvalue weighted by Crippen LogP contribution is -2.50. The minimum absolute atomic E-state index is 0.0438. The van der Waals surface area contributed by atoms with Crippen molar-refractivity contribution in [1.82, 2.24) is 10.2 Å². The summed E-state index contributed by atoms with van der Waals surface area (Å²) in [5, 5.41) is 2.88. The number of likely N-dealkylation sites (tertiary alicyclic amines) is 1. The average molecular weight is 303 g/mol. The van der Waals surface area contributed by atoms with Gasteiger partial charge < -0.3 is 16.0 Å². The zero-order chi connectivity index (χ0) is 16.2. The van der Waals surface area contributed by atoms with Crippen LogP contribution in [-0.4, -0.2) is 35.3 Å². The molecule has 1 aromatic carbocycles. The van der Waals surface area contributed by atoms with Gasteiger partial charge in [0.1, 0.15) is 6.04 Å². The van der Waals surface area contributed by atoms with Crippen molar-refractivity contribution in [2.75, 3.05) is 13.1 Å². The van der Waals surface area contributed by atoms with Crippen LogP contribution in [0.4, 0.5) is 0 Å². The first-order chi connectivity index (χ1) is 10.4. The number of rotatable bonds is 5. The van der Waals surface area contributed by atoms with E-state index in [1.54, 1.807) is 4.90 Å². The van der Waals surface area contributed by atoms with Crippen LogP contribution in [0.1, 0.15) is 44.7 Å². The van der Waals surface area contributed by atoms with Gasteiger partial charge in [0, 0.05) is 25.0 Å². The van der Waals surface area contributed by atoms with Crippen molar-refractivity contribution in [2.24, 2.45) is 5.73 Å². The zero-order valence-corrected chi connectivity index (χ0v) is 13.3. The van der Waals surface area contributed by atoms with Gasteiger partial charge in [-0.15, -0.1) is 0 Å². The van der Waals surface area contributed by atoms with E-state index in [0.717, 1.165) is 18.4 Å². The van der Waals surface area contributed by atoms with Crippen molar-refractivity contribution in [3.8, 4) is 0 Å². The maximum Gasteiger partial charge on any atom is 0.247 e. The van der Waals surface area contributed by atoms with Gasteiger partial charge in [0.25, 0.3) is 0 Å². The highest BCUT2D eigenvalue weighted by Gasteiger charge is 2.32.